The molecule has 1 saturated heterocycles. The summed E-state index contributed by atoms with van der Waals surface area (Å²) in [5.74, 6) is 1.09. The van der Waals surface area contributed by atoms with Crippen molar-refractivity contribution in [1.82, 2.24) is 15.0 Å². The molecule has 1 unspecified atom stereocenters. The number of rotatable bonds is 5. The Morgan fingerprint density at radius 2 is 2.14 bits per heavy atom. The van der Waals surface area contributed by atoms with E-state index in [0.717, 1.165) is 23.2 Å². The van der Waals surface area contributed by atoms with Gasteiger partial charge in [-0.25, -0.2) is 9.69 Å². The fraction of sp³-hybridized carbons (Fsp3) is 0.400. The number of nitrogens with zero attached hydrogens (tertiary/aromatic N) is 4. The Morgan fingerprint density at radius 1 is 1.34 bits per heavy atom. The van der Waals surface area contributed by atoms with Gasteiger partial charge in [-0.15, -0.1) is 0 Å². The summed E-state index contributed by atoms with van der Waals surface area (Å²) < 4.78 is 5.14. The van der Waals surface area contributed by atoms with Gasteiger partial charge in [0.2, 0.25) is 11.9 Å². The zero-order chi connectivity index (χ0) is 20.5. The molecule has 0 bridgehead atoms. The molecule has 1 fully saturated rings. The Bertz CT molecular complexity index is 963. The van der Waals surface area contributed by atoms with Crippen LogP contribution in [0.3, 0.4) is 0 Å². The Kier molecular flexibility index (Phi) is 5.06. The molecule has 0 aliphatic carbocycles. The molecule has 9 nitrogen and oxygen atoms in total. The number of nitrogens with one attached hydrogen (secondary N) is 2. The molecule has 1 aromatic carbocycles. The highest BCUT2D eigenvalue weighted by molar-refractivity contribution is 5.88. The number of para-hydroxylation sites is 1. The van der Waals surface area contributed by atoms with Crippen LogP contribution in [-0.2, 0) is 4.74 Å². The van der Waals surface area contributed by atoms with E-state index in [9.17, 15) is 9.90 Å². The predicted molar refractivity (Wildman–Crippen MR) is 110 cm³/mol. The van der Waals surface area contributed by atoms with Gasteiger partial charge in [-0.2, -0.15) is 15.0 Å². The van der Waals surface area contributed by atoms with Crippen molar-refractivity contribution in [3.8, 4) is 0 Å². The summed E-state index contributed by atoms with van der Waals surface area (Å²) in [6.07, 6.45) is 1.41. The van der Waals surface area contributed by atoms with Crippen molar-refractivity contribution >= 4 is 29.8 Å². The van der Waals surface area contributed by atoms with E-state index in [-0.39, 0.29) is 18.0 Å². The summed E-state index contributed by atoms with van der Waals surface area (Å²) in [4.78, 5) is 26.7. The summed E-state index contributed by atoms with van der Waals surface area (Å²) in [5.41, 5.74) is 2.64. The van der Waals surface area contributed by atoms with Gasteiger partial charge in [-0.1, -0.05) is 25.1 Å². The third-order valence-corrected chi connectivity index (χ3v) is 5.12. The third-order valence-electron chi connectivity index (χ3n) is 5.12. The lowest BCUT2D eigenvalue weighted by molar-refractivity contribution is 0.178. The SMILES string of the molecule is CC[C@H]1COC(=O)N1c1nc(C)nc(N[C@H](C)C2=Cc3ccccc3NC2O)n1. The lowest BCUT2D eigenvalue weighted by Crippen LogP contribution is -2.36. The van der Waals surface area contributed by atoms with Gasteiger partial charge in [-0.05, 0) is 38.0 Å². The van der Waals surface area contributed by atoms with E-state index in [1.54, 1.807) is 6.92 Å². The summed E-state index contributed by atoms with van der Waals surface area (Å²) >= 11 is 0. The normalized spacial score (nSPS) is 21.7. The molecule has 1 aromatic heterocycles. The first kappa shape index (κ1) is 19.1. The number of ether oxygens (including phenoxy) is 1. The van der Waals surface area contributed by atoms with Crippen LogP contribution in [0, 0.1) is 6.92 Å². The van der Waals surface area contributed by atoms with Gasteiger partial charge in [0.25, 0.3) is 0 Å². The molecule has 152 valence electrons. The van der Waals surface area contributed by atoms with E-state index in [1.807, 2.05) is 44.2 Å². The van der Waals surface area contributed by atoms with E-state index in [2.05, 4.69) is 25.6 Å². The second kappa shape index (κ2) is 7.67. The average Bonchev–Trinajstić information content (AvgIpc) is 3.07. The van der Waals surface area contributed by atoms with Crippen LogP contribution in [0.2, 0.25) is 0 Å². The van der Waals surface area contributed by atoms with Crippen molar-refractivity contribution in [2.24, 2.45) is 0 Å². The number of aliphatic hydroxyl groups excluding tert-OH is 1. The van der Waals surface area contributed by atoms with E-state index in [1.165, 1.54) is 4.90 Å². The second-order valence-electron chi connectivity index (χ2n) is 7.16. The van der Waals surface area contributed by atoms with E-state index < -0.39 is 12.3 Å². The minimum atomic E-state index is -0.826. The maximum absolute atomic E-state index is 12.1. The Hall–Kier alpha value is -3.20. The zero-order valence-corrected chi connectivity index (χ0v) is 16.6. The van der Waals surface area contributed by atoms with Gasteiger partial charge in [-0.3, -0.25) is 0 Å². The number of carbonyl (C=O) groups excluding carboxylic acids is 1. The van der Waals surface area contributed by atoms with Gasteiger partial charge in [0.05, 0.1) is 12.1 Å². The quantitative estimate of drug-likeness (QED) is 0.707. The van der Waals surface area contributed by atoms with Crippen LogP contribution in [0.4, 0.5) is 22.4 Å². The van der Waals surface area contributed by atoms with Crippen molar-refractivity contribution in [2.45, 2.75) is 45.5 Å². The Balaban J connectivity index is 1.59. The summed E-state index contributed by atoms with van der Waals surface area (Å²) in [5, 5.41) is 16.8. The van der Waals surface area contributed by atoms with Gasteiger partial charge in [0.15, 0.2) is 0 Å². The number of fused-ring (bicyclic) bond motifs is 1. The molecule has 3 heterocycles. The van der Waals surface area contributed by atoms with Crippen molar-refractivity contribution in [2.75, 3.05) is 22.1 Å². The van der Waals surface area contributed by atoms with Crippen LogP contribution >= 0.6 is 0 Å². The molecular formula is C20H24N6O3. The number of benzene rings is 1. The summed E-state index contributed by atoms with van der Waals surface area (Å²) in [6.45, 7) is 5.97. The molecule has 1 amide bonds. The van der Waals surface area contributed by atoms with Crippen molar-refractivity contribution in [3.05, 3.63) is 41.2 Å². The van der Waals surface area contributed by atoms with E-state index >= 15 is 0 Å². The van der Waals surface area contributed by atoms with Gasteiger partial charge in [0, 0.05) is 11.3 Å². The van der Waals surface area contributed by atoms with E-state index in [4.69, 9.17) is 4.74 Å². The lowest BCUT2D eigenvalue weighted by atomic mass is 9.98. The number of hydrogen-bond donors (Lipinski definition) is 3. The number of amides is 1. The minimum absolute atomic E-state index is 0.0989. The number of hydrogen-bond acceptors (Lipinski definition) is 8. The topological polar surface area (TPSA) is 112 Å². The number of aryl methyl sites for hydroxylation is 1. The molecule has 3 atom stereocenters. The smallest absolute Gasteiger partial charge is 0.417 e. The fourth-order valence-corrected chi connectivity index (χ4v) is 3.53. The first-order valence-corrected chi connectivity index (χ1v) is 9.66. The first-order valence-electron chi connectivity index (χ1n) is 9.66. The molecular weight excluding hydrogens is 372 g/mol. The second-order valence-corrected chi connectivity index (χ2v) is 7.16. The fourth-order valence-electron chi connectivity index (χ4n) is 3.53. The standard InChI is InChI=1S/C20H24N6O3/c1-4-14-10-29-20(28)26(14)19-23-12(3)22-18(25-19)21-11(2)15-9-13-7-5-6-8-16(13)24-17(15)27/h5-9,11,14,17,24,27H,4,10H2,1-3H3,(H,21,22,23,25)/t11-,14+,17?/m1/s1. The monoisotopic (exact) mass is 396 g/mol. The average molecular weight is 396 g/mol. The third kappa shape index (κ3) is 3.73. The first-order chi connectivity index (χ1) is 14.0. The molecule has 29 heavy (non-hydrogen) atoms. The Labute approximate surface area is 168 Å². The number of aliphatic hydroxyl groups is 1. The highest BCUT2D eigenvalue weighted by Crippen LogP contribution is 2.28. The van der Waals surface area contributed by atoms with Crippen LogP contribution in [-0.4, -0.2) is 51.1 Å². The lowest BCUT2D eigenvalue weighted by Gasteiger charge is -2.28. The zero-order valence-electron chi connectivity index (χ0n) is 16.6. The number of cyclic esters (lactones) is 1. The molecule has 0 saturated carbocycles. The predicted octanol–water partition coefficient (Wildman–Crippen LogP) is 2.54. The molecule has 0 spiro atoms. The number of anilines is 3. The van der Waals surface area contributed by atoms with Crippen molar-refractivity contribution in [1.29, 1.82) is 0 Å². The van der Waals surface area contributed by atoms with Crippen LogP contribution in [0.1, 0.15) is 31.7 Å². The maximum Gasteiger partial charge on any atom is 0.417 e. The Morgan fingerprint density at radius 3 is 2.93 bits per heavy atom. The van der Waals surface area contributed by atoms with Gasteiger partial charge >= 0.3 is 6.09 Å². The maximum atomic E-state index is 12.1. The molecule has 2 aliphatic rings. The van der Waals surface area contributed by atoms with Gasteiger partial charge < -0.3 is 20.5 Å². The van der Waals surface area contributed by atoms with Crippen LogP contribution < -0.4 is 15.5 Å². The molecule has 0 radical (unpaired) electrons. The van der Waals surface area contributed by atoms with Crippen LogP contribution in [0.25, 0.3) is 6.08 Å². The van der Waals surface area contributed by atoms with Crippen LogP contribution in [0.15, 0.2) is 29.8 Å². The highest BCUT2D eigenvalue weighted by atomic mass is 16.6. The van der Waals surface area contributed by atoms with Gasteiger partial charge in [0.1, 0.15) is 18.7 Å². The molecule has 9 heteroatoms. The van der Waals surface area contributed by atoms with Crippen molar-refractivity contribution in [3.63, 3.8) is 0 Å². The summed E-state index contributed by atoms with van der Waals surface area (Å²) in [6, 6.07) is 7.42. The largest absolute Gasteiger partial charge is 0.447 e. The minimum Gasteiger partial charge on any atom is -0.447 e. The van der Waals surface area contributed by atoms with Crippen LogP contribution in [0.5, 0.6) is 0 Å². The number of aromatic nitrogens is 3. The molecule has 4 rings (SSSR count). The number of carbonyl (C=O) groups is 1. The highest BCUT2D eigenvalue weighted by Gasteiger charge is 2.35. The molecule has 3 N–H and O–H groups in total. The molecule has 2 aromatic rings. The summed E-state index contributed by atoms with van der Waals surface area (Å²) in [7, 11) is 0. The van der Waals surface area contributed by atoms with E-state index in [0.29, 0.717) is 18.4 Å². The molecule has 2 aliphatic heterocycles. The van der Waals surface area contributed by atoms with Crippen molar-refractivity contribution < 1.29 is 14.6 Å².